The zero-order chi connectivity index (χ0) is 13.9. The van der Waals surface area contributed by atoms with E-state index in [0.29, 0.717) is 6.54 Å². The number of nitrogens with one attached hydrogen (secondary N) is 2. The van der Waals surface area contributed by atoms with E-state index in [9.17, 15) is 13.5 Å². The van der Waals surface area contributed by atoms with E-state index >= 15 is 0 Å². The maximum atomic E-state index is 11.6. The Hall–Kier alpha value is -0.690. The molecule has 0 aliphatic rings. The van der Waals surface area contributed by atoms with Crippen LogP contribution in [0.15, 0.2) is 12.1 Å². The van der Waals surface area contributed by atoms with E-state index in [2.05, 4.69) is 9.44 Å². The molecule has 1 rings (SSSR count). The molecule has 0 unspecified atom stereocenters. The van der Waals surface area contributed by atoms with Crippen LogP contribution < -0.4 is 9.44 Å². The largest absolute Gasteiger partial charge is 0.505 e. The van der Waals surface area contributed by atoms with E-state index in [1.54, 1.807) is 0 Å². The predicted octanol–water partition coefficient (Wildman–Crippen LogP) is 2.60. The van der Waals surface area contributed by atoms with Gasteiger partial charge >= 0.3 is 0 Å². The molecular weight excluding hydrogens is 299 g/mol. The highest BCUT2D eigenvalue weighted by Gasteiger charge is 2.13. The van der Waals surface area contributed by atoms with Crippen molar-refractivity contribution in [2.24, 2.45) is 5.92 Å². The highest BCUT2D eigenvalue weighted by atomic mass is 35.5. The van der Waals surface area contributed by atoms with Crippen LogP contribution in [0, 0.1) is 5.92 Å². The first-order valence-corrected chi connectivity index (χ1v) is 7.40. The molecule has 0 saturated heterocycles. The summed E-state index contributed by atoms with van der Waals surface area (Å²) in [6.45, 7) is 4.09. The summed E-state index contributed by atoms with van der Waals surface area (Å²) < 4.78 is 27.9. The average molecular weight is 313 g/mol. The molecule has 0 heterocycles. The van der Waals surface area contributed by atoms with E-state index in [1.807, 2.05) is 13.8 Å². The molecule has 18 heavy (non-hydrogen) atoms. The SMILES string of the molecule is CC(C)CNS(=O)(=O)Nc1cc(Cl)c(O)c(Cl)c1. The van der Waals surface area contributed by atoms with Gasteiger partial charge in [0, 0.05) is 6.54 Å². The van der Waals surface area contributed by atoms with E-state index in [0.717, 1.165) is 0 Å². The van der Waals surface area contributed by atoms with Gasteiger partial charge in [-0.15, -0.1) is 0 Å². The first-order valence-electron chi connectivity index (χ1n) is 5.16. The molecule has 5 nitrogen and oxygen atoms in total. The standard InChI is InChI=1S/C10H14Cl2N2O3S/c1-6(2)5-13-18(16,17)14-7-3-8(11)10(15)9(12)4-7/h3-4,6,13-15H,5H2,1-2H3. The summed E-state index contributed by atoms with van der Waals surface area (Å²) in [6.07, 6.45) is 0. The third-order valence-corrected chi connectivity index (χ3v) is 3.58. The lowest BCUT2D eigenvalue weighted by molar-refractivity contribution is 0.476. The van der Waals surface area contributed by atoms with Crippen molar-refractivity contribution in [1.29, 1.82) is 0 Å². The molecule has 0 spiro atoms. The molecule has 0 saturated carbocycles. The summed E-state index contributed by atoms with van der Waals surface area (Å²) in [4.78, 5) is 0. The first kappa shape index (κ1) is 15.4. The summed E-state index contributed by atoms with van der Waals surface area (Å²) in [7, 11) is -3.67. The normalized spacial score (nSPS) is 11.8. The van der Waals surface area contributed by atoms with Crippen molar-refractivity contribution in [3.05, 3.63) is 22.2 Å². The van der Waals surface area contributed by atoms with Crippen molar-refractivity contribution in [1.82, 2.24) is 4.72 Å². The topological polar surface area (TPSA) is 78.4 Å². The van der Waals surface area contributed by atoms with Gasteiger partial charge in [0.05, 0.1) is 15.7 Å². The fraction of sp³-hybridized carbons (Fsp3) is 0.400. The van der Waals surface area contributed by atoms with Gasteiger partial charge < -0.3 is 5.11 Å². The number of halogens is 2. The fourth-order valence-electron chi connectivity index (χ4n) is 1.09. The quantitative estimate of drug-likeness (QED) is 0.731. The number of hydrogen-bond acceptors (Lipinski definition) is 3. The van der Waals surface area contributed by atoms with Crippen LogP contribution in [0.4, 0.5) is 5.69 Å². The molecule has 0 amide bonds. The summed E-state index contributed by atoms with van der Waals surface area (Å²) in [5, 5.41) is 9.30. The van der Waals surface area contributed by atoms with Crippen LogP contribution in [-0.4, -0.2) is 20.1 Å². The van der Waals surface area contributed by atoms with E-state index in [1.165, 1.54) is 12.1 Å². The molecule has 0 fully saturated rings. The summed E-state index contributed by atoms with van der Waals surface area (Å²) in [5.41, 5.74) is 0.180. The monoisotopic (exact) mass is 312 g/mol. The van der Waals surface area contributed by atoms with Crippen LogP contribution in [-0.2, 0) is 10.2 Å². The Bertz CT molecular complexity index is 509. The van der Waals surface area contributed by atoms with Gasteiger partial charge in [0.2, 0.25) is 0 Å². The van der Waals surface area contributed by atoms with Crippen molar-refractivity contribution >= 4 is 39.1 Å². The lowest BCUT2D eigenvalue weighted by atomic mass is 10.2. The van der Waals surface area contributed by atoms with Crippen LogP contribution in [0.1, 0.15) is 13.8 Å². The minimum Gasteiger partial charge on any atom is -0.505 e. The highest BCUT2D eigenvalue weighted by Crippen LogP contribution is 2.34. The Morgan fingerprint density at radius 3 is 2.22 bits per heavy atom. The molecular formula is C10H14Cl2N2O3S. The van der Waals surface area contributed by atoms with Crippen LogP contribution in [0.3, 0.4) is 0 Å². The second-order valence-electron chi connectivity index (χ2n) is 4.14. The molecule has 0 bridgehead atoms. The molecule has 3 N–H and O–H groups in total. The molecule has 0 atom stereocenters. The molecule has 0 aliphatic carbocycles. The maximum absolute atomic E-state index is 11.6. The maximum Gasteiger partial charge on any atom is 0.299 e. The Labute approximate surface area is 116 Å². The number of benzene rings is 1. The van der Waals surface area contributed by atoms with Crippen LogP contribution in [0.25, 0.3) is 0 Å². The van der Waals surface area contributed by atoms with Crippen LogP contribution in [0.2, 0.25) is 10.0 Å². The molecule has 102 valence electrons. The zero-order valence-corrected chi connectivity index (χ0v) is 12.2. The zero-order valence-electron chi connectivity index (χ0n) is 9.87. The molecule has 0 radical (unpaired) electrons. The fourth-order valence-corrected chi connectivity index (χ4v) is 2.63. The van der Waals surface area contributed by atoms with Gasteiger partial charge in [-0.05, 0) is 18.1 Å². The van der Waals surface area contributed by atoms with Gasteiger partial charge in [-0.25, -0.2) is 0 Å². The molecule has 0 aliphatic heterocycles. The van der Waals surface area contributed by atoms with Gasteiger partial charge in [0.25, 0.3) is 10.2 Å². The summed E-state index contributed by atoms with van der Waals surface area (Å²) in [6, 6.07) is 2.55. The smallest absolute Gasteiger partial charge is 0.299 e. The number of hydrogen-bond donors (Lipinski definition) is 3. The predicted molar refractivity (Wildman–Crippen MR) is 73.5 cm³/mol. The minimum absolute atomic E-state index is 0.0240. The molecule has 0 aromatic heterocycles. The lowest BCUT2D eigenvalue weighted by Gasteiger charge is -2.12. The Kier molecular flexibility index (Phi) is 5.10. The Morgan fingerprint density at radius 2 is 1.78 bits per heavy atom. The van der Waals surface area contributed by atoms with E-state index in [-0.39, 0.29) is 27.4 Å². The van der Waals surface area contributed by atoms with Crippen molar-refractivity contribution in [2.75, 3.05) is 11.3 Å². The lowest BCUT2D eigenvalue weighted by Crippen LogP contribution is -2.32. The summed E-state index contributed by atoms with van der Waals surface area (Å²) in [5.74, 6) is -0.0926. The van der Waals surface area contributed by atoms with E-state index in [4.69, 9.17) is 23.2 Å². The molecule has 1 aromatic carbocycles. The van der Waals surface area contributed by atoms with Crippen LogP contribution >= 0.6 is 23.2 Å². The third-order valence-electron chi connectivity index (χ3n) is 1.95. The Balaban J connectivity index is 2.85. The van der Waals surface area contributed by atoms with Gasteiger partial charge in [0.1, 0.15) is 0 Å². The number of phenols is 1. The average Bonchev–Trinajstić information content (AvgIpc) is 2.22. The number of anilines is 1. The van der Waals surface area contributed by atoms with Crippen molar-refractivity contribution in [2.45, 2.75) is 13.8 Å². The highest BCUT2D eigenvalue weighted by molar-refractivity contribution is 7.90. The first-order chi connectivity index (χ1) is 8.21. The Morgan fingerprint density at radius 1 is 1.28 bits per heavy atom. The number of rotatable bonds is 5. The van der Waals surface area contributed by atoms with Gasteiger partial charge in [-0.1, -0.05) is 37.0 Å². The van der Waals surface area contributed by atoms with Gasteiger partial charge in [-0.2, -0.15) is 13.1 Å². The number of aromatic hydroxyl groups is 1. The van der Waals surface area contributed by atoms with Crippen LogP contribution in [0.5, 0.6) is 5.75 Å². The minimum atomic E-state index is -3.67. The van der Waals surface area contributed by atoms with E-state index < -0.39 is 10.2 Å². The number of phenolic OH excluding ortho intramolecular Hbond substituents is 1. The molecule has 1 aromatic rings. The van der Waals surface area contributed by atoms with Crippen molar-refractivity contribution in [3.8, 4) is 5.75 Å². The summed E-state index contributed by atoms with van der Waals surface area (Å²) >= 11 is 11.4. The second kappa shape index (κ2) is 5.97. The van der Waals surface area contributed by atoms with Gasteiger partial charge in [0.15, 0.2) is 5.75 Å². The van der Waals surface area contributed by atoms with Gasteiger partial charge in [-0.3, -0.25) is 4.72 Å². The third kappa shape index (κ3) is 4.53. The van der Waals surface area contributed by atoms with Crippen molar-refractivity contribution < 1.29 is 13.5 Å². The second-order valence-corrected chi connectivity index (χ2v) is 6.45. The molecule has 8 heteroatoms. The van der Waals surface area contributed by atoms with Crippen molar-refractivity contribution in [3.63, 3.8) is 0 Å².